The van der Waals surface area contributed by atoms with Crippen molar-refractivity contribution >= 4 is 50.9 Å². The van der Waals surface area contributed by atoms with Gasteiger partial charge in [0.25, 0.3) is 10.0 Å². The monoisotopic (exact) mass is 491 g/mol. The van der Waals surface area contributed by atoms with Crippen molar-refractivity contribution in [3.63, 3.8) is 0 Å². The van der Waals surface area contributed by atoms with E-state index in [1.54, 1.807) is 12.1 Å². The number of alkyl halides is 2. The molecular weight excluding hydrogens is 473 g/mol. The molecule has 3 aromatic rings. The summed E-state index contributed by atoms with van der Waals surface area (Å²) in [6.07, 6.45) is 0. The van der Waals surface area contributed by atoms with Crippen LogP contribution in [0.15, 0.2) is 99.1 Å². The lowest BCUT2D eigenvalue weighted by molar-refractivity contribution is 0.293. The van der Waals surface area contributed by atoms with Gasteiger partial charge in [0.2, 0.25) is 10.2 Å². The largest absolute Gasteiger partial charge is 0.463 e. The van der Waals surface area contributed by atoms with Crippen molar-refractivity contribution in [1.29, 1.82) is 0 Å². The summed E-state index contributed by atoms with van der Waals surface area (Å²) in [6, 6.07) is 25.5. The summed E-state index contributed by atoms with van der Waals surface area (Å²) < 4.78 is 34.1. The molecule has 160 valence electrons. The Morgan fingerprint density at radius 3 is 2.10 bits per heavy atom. The lowest BCUT2D eigenvalue weighted by Crippen LogP contribution is -2.28. The number of sulfonamides is 1. The Kier molecular flexibility index (Phi) is 6.35. The molecule has 1 aliphatic heterocycles. The molecule has 31 heavy (non-hydrogen) atoms. The van der Waals surface area contributed by atoms with Gasteiger partial charge < -0.3 is 4.74 Å². The first-order valence-corrected chi connectivity index (χ1v) is 12.6. The second kappa shape index (κ2) is 8.87. The lowest BCUT2D eigenvalue weighted by atomic mass is 9.97. The summed E-state index contributed by atoms with van der Waals surface area (Å²) in [6.45, 7) is 1.88. The van der Waals surface area contributed by atoms with E-state index in [4.69, 9.17) is 27.9 Å². The first kappa shape index (κ1) is 22.2. The number of halogens is 2. The average molecular weight is 492 g/mol. The SMILES string of the molecule is Cc1ccc(S(=O)(=O)/N=C2\O[C@@H](Sc3ccccc3)[C@@H](c3ccccc3)C2(Cl)Cl)cc1. The minimum Gasteiger partial charge on any atom is -0.463 e. The quantitative estimate of drug-likeness (QED) is 0.399. The first-order valence-electron chi connectivity index (χ1n) is 9.50. The molecule has 0 bridgehead atoms. The predicted octanol–water partition coefficient (Wildman–Crippen LogP) is 6.19. The summed E-state index contributed by atoms with van der Waals surface area (Å²) >= 11 is 14.9. The fraction of sp³-hybridized carbons (Fsp3) is 0.174. The van der Waals surface area contributed by atoms with Gasteiger partial charge in [0.05, 0.1) is 10.8 Å². The van der Waals surface area contributed by atoms with Crippen LogP contribution in [0.25, 0.3) is 0 Å². The van der Waals surface area contributed by atoms with Gasteiger partial charge in [-0.3, -0.25) is 0 Å². The molecule has 0 amide bonds. The van der Waals surface area contributed by atoms with Gasteiger partial charge in [0.1, 0.15) is 0 Å². The second-order valence-corrected chi connectivity index (χ2v) is 11.3. The van der Waals surface area contributed by atoms with Crippen LogP contribution in [0.4, 0.5) is 0 Å². The van der Waals surface area contributed by atoms with Crippen LogP contribution in [0, 0.1) is 6.92 Å². The average Bonchev–Trinajstić information content (AvgIpc) is 2.98. The van der Waals surface area contributed by atoms with Crippen LogP contribution in [0.1, 0.15) is 17.0 Å². The highest BCUT2D eigenvalue weighted by atomic mass is 35.5. The summed E-state index contributed by atoms with van der Waals surface area (Å²) in [5, 5.41) is 0. The van der Waals surface area contributed by atoms with Crippen LogP contribution in [0.3, 0.4) is 0 Å². The van der Waals surface area contributed by atoms with Crippen LogP contribution in [0.2, 0.25) is 0 Å². The summed E-state index contributed by atoms with van der Waals surface area (Å²) in [4.78, 5) is 0.994. The fourth-order valence-corrected chi connectivity index (χ4v) is 6.38. The third-order valence-corrected chi connectivity index (χ3v) is 8.06. The highest BCUT2D eigenvalue weighted by Crippen LogP contribution is 2.53. The smallest absolute Gasteiger partial charge is 0.285 e. The molecule has 0 N–H and O–H groups in total. The molecule has 4 rings (SSSR count). The predicted molar refractivity (Wildman–Crippen MR) is 127 cm³/mol. The van der Waals surface area contributed by atoms with Crippen molar-refractivity contribution in [1.82, 2.24) is 0 Å². The van der Waals surface area contributed by atoms with Crippen molar-refractivity contribution in [2.45, 2.75) is 32.4 Å². The molecule has 3 aromatic carbocycles. The van der Waals surface area contributed by atoms with Crippen LogP contribution < -0.4 is 0 Å². The highest BCUT2D eigenvalue weighted by molar-refractivity contribution is 7.99. The minimum absolute atomic E-state index is 0.0498. The lowest BCUT2D eigenvalue weighted by Gasteiger charge is -2.23. The molecule has 1 heterocycles. The van der Waals surface area contributed by atoms with Gasteiger partial charge in [-0.2, -0.15) is 8.42 Å². The Bertz CT molecular complexity index is 1180. The summed E-state index contributed by atoms with van der Waals surface area (Å²) in [5.74, 6) is -0.757. The molecule has 0 unspecified atom stereocenters. The van der Waals surface area contributed by atoms with Gasteiger partial charge in [-0.25, -0.2) is 0 Å². The number of benzene rings is 3. The van der Waals surface area contributed by atoms with Crippen LogP contribution in [-0.2, 0) is 14.8 Å². The van der Waals surface area contributed by atoms with E-state index in [-0.39, 0.29) is 10.8 Å². The topological polar surface area (TPSA) is 55.7 Å². The zero-order chi connectivity index (χ0) is 22.1. The van der Waals surface area contributed by atoms with Gasteiger partial charge >= 0.3 is 0 Å². The Morgan fingerprint density at radius 1 is 0.903 bits per heavy atom. The summed E-state index contributed by atoms with van der Waals surface area (Å²) in [7, 11) is -4.05. The number of aryl methyl sites for hydroxylation is 1. The maximum Gasteiger partial charge on any atom is 0.285 e. The second-order valence-electron chi connectivity index (χ2n) is 7.11. The Labute approximate surface area is 196 Å². The molecule has 1 aliphatic rings. The van der Waals surface area contributed by atoms with Crippen LogP contribution in [0.5, 0.6) is 0 Å². The first-order chi connectivity index (χ1) is 14.8. The zero-order valence-electron chi connectivity index (χ0n) is 16.5. The standard InChI is InChI=1S/C23H19Cl2NO3S2/c1-16-12-14-19(15-13-16)31(27,28)26-22-23(24,25)20(17-8-4-2-5-9-17)21(29-22)30-18-10-6-3-7-11-18/h2-15,20-21H,1H3/b26-22-/t20-,21+/m1/s1. The van der Waals surface area contributed by atoms with Crippen molar-refractivity contribution < 1.29 is 13.2 Å². The number of nitrogens with zero attached hydrogens (tertiary/aromatic N) is 1. The van der Waals surface area contributed by atoms with Gasteiger partial charge in [0, 0.05) is 4.90 Å². The Morgan fingerprint density at radius 2 is 1.48 bits per heavy atom. The van der Waals surface area contributed by atoms with E-state index < -0.39 is 25.7 Å². The fourth-order valence-electron chi connectivity index (χ4n) is 3.27. The number of rotatable bonds is 5. The minimum atomic E-state index is -4.05. The molecule has 1 fully saturated rings. The van der Waals surface area contributed by atoms with Crippen molar-refractivity contribution in [3.8, 4) is 0 Å². The van der Waals surface area contributed by atoms with E-state index >= 15 is 0 Å². The van der Waals surface area contributed by atoms with Gasteiger partial charge in [-0.15, -0.1) is 4.40 Å². The molecule has 8 heteroatoms. The third kappa shape index (κ3) is 4.77. The molecule has 0 spiro atoms. The number of hydrogen-bond donors (Lipinski definition) is 0. The molecule has 4 nitrogen and oxygen atoms in total. The van der Waals surface area contributed by atoms with Crippen molar-refractivity contribution in [2.75, 3.05) is 0 Å². The molecular formula is C23H19Cl2NO3S2. The van der Waals surface area contributed by atoms with Gasteiger partial charge in [0.15, 0.2) is 5.44 Å². The Hall–Kier alpha value is -1.99. The molecule has 2 atom stereocenters. The van der Waals surface area contributed by atoms with Gasteiger partial charge in [-0.1, -0.05) is 101 Å². The van der Waals surface area contributed by atoms with E-state index in [1.807, 2.05) is 67.6 Å². The molecule has 0 aliphatic carbocycles. The zero-order valence-corrected chi connectivity index (χ0v) is 19.6. The molecule has 1 saturated heterocycles. The Balaban J connectivity index is 1.75. The van der Waals surface area contributed by atoms with E-state index in [0.717, 1.165) is 16.0 Å². The van der Waals surface area contributed by atoms with E-state index in [0.29, 0.717) is 0 Å². The van der Waals surface area contributed by atoms with E-state index in [2.05, 4.69) is 4.40 Å². The third-order valence-electron chi connectivity index (χ3n) is 4.85. The number of hydrogen-bond acceptors (Lipinski definition) is 4. The molecule has 0 radical (unpaired) electrons. The van der Waals surface area contributed by atoms with Crippen molar-refractivity contribution in [3.05, 3.63) is 96.1 Å². The maximum absolute atomic E-state index is 12.9. The van der Waals surface area contributed by atoms with Gasteiger partial charge in [-0.05, 0) is 36.8 Å². The number of thioether (sulfide) groups is 1. The van der Waals surface area contributed by atoms with Crippen LogP contribution >= 0.6 is 35.0 Å². The normalized spacial score (nSPS) is 21.7. The molecule has 0 aromatic heterocycles. The van der Waals surface area contributed by atoms with Crippen molar-refractivity contribution in [2.24, 2.45) is 4.40 Å². The van der Waals surface area contributed by atoms with E-state index in [9.17, 15) is 8.42 Å². The highest BCUT2D eigenvalue weighted by Gasteiger charge is 2.55. The van der Waals surface area contributed by atoms with E-state index in [1.165, 1.54) is 23.9 Å². The molecule has 0 saturated carbocycles. The van der Waals surface area contributed by atoms with Crippen LogP contribution in [-0.4, -0.2) is 24.1 Å². The number of ether oxygens (including phenoxy) is 1. The summed E-state index contributed by atoms with van der Waals surface area (Å²) in [5.41, 5.74) is 1.21. The maximum atomic E-state index is 12.9.